The van der Waals surface area contributed by atoms with Crippen LogP contribution in [0.1, 0.15) is 0 Å². The molecule has 2 heterocycles. The third-order valence-electron chi connectivity index (χ3n) is 2.26. The predicted molar refractivity (Wildman–Crippen MR) is 60.8 cm³/mol. The minimum Gasteiger partial charge on any atom is -0.331 e. The maximum atomic E-state index is 11.7. The summed E-state index contributed by atoms with van der Waals surface area (Å²) in [6.07, 6.45) is 0. The smallest absolute Gasteiger partial charge is 0.230 e. The van der Waals surface area contributed by atoms with Gasteiger partial charge in [-0.2, -0.15) is 0 Å². The zero-order valence-corrected chi connectivity index (χ0v) is 9.83. The van der Waals surface area contributed by atoms with E-state index in [2.05, 4.69) is 0 Å². The van der Waals surface area contributed by atoms with Crippen molar-refractivity contribution >= 4 is 27.6 Å². The van der Waals surface area contributed by atoms with E-state index in [0.29, 0.717) is 5.78 Å². The van der Waals surface area contributed by atoms with Crippen LogP contribution in [0.4, 0.5) is 0 Å². The van der Waals surface area contributed by atoms with Gasteiger partial charge >= 0.3 is 0 Å². The summed E-state index contributed by atoms with van der Waals surface area (Å²) in [5.41, 5.74) is 0. The second-order valence-electron chi connectivity index (χ2n) is 3.51. The molecule has 2 aliphatic rings. The Morgan fingerprint density at radius 2 is 1.50 bits per heavy atom. The molecular formula is C9H16O3S2+2. The molecule has 0 aromatic carbocycles. The molecule has 0 aromatic rings. The number of Topliss-reactive ketones (excluding diaryl/α,β-unsaturated/α-hetero) is 1. The van der Waals surface area contributed by atoms with Crippen molar-refractivity contribution in [2.75, 3.05) is 48.1 Å². The Balaban J connectivity index is 1.66. The lowest BCUT2D eigenvalue weighted by atomic mass is 10.5. The van der Waals surface area contributed by atoms with E-state index < -0.39 is 0 Å². The summed E-state index contributed by atoms with van der Waals surface area (Å²) >= 11 is 0. The Labute approximate surface area is 90.2 Å². The fraction of sp³-hybridized carbons (Fsp3) is 0.889. The molecule has 2 rings (SSSR count). The van der Waals surface area contributed by atoms with Gasteiger partial charge in [-0.1, -0.05) is 0 Å². The highest BCUT2D eigenvalue weighted by Crippen LogP contribution is 2.10. The summed E-state index contributed by atoms with van der Waals surface area (Å²) in [5, 5.41) is 0. The van der Waals surface area contributed by atoms with Crippen molar-refractivity contribution in [1.29, 1.82) is 0 Å². The first kappa shape index (κ1) is 10.8. The van der Waals surface area contributed by atoms with Gasteiger partial charge in [0.05, 0.1) is 13.2 Å². The summed E-state index contributed by atoms with van der Waals surface area (Å²) in [6.45, 7) is 1.70. The number of carbonyl (C=O) groups excluding carboxylic acids is 1. The van der Waals surface area contributed by atoms with Gasteiger partial charge in [-0.25, -0.2) is 0 Å². The van der Waals surface area contributed by atoms with Gasteiger partial charge in [-0.05, 0) is 0 Å². The molecule has 0 N–H and O–H groups in total. The fourth-order valence-electron chi connectivity index (χ4n) is 1.55. The van der Waals surface area contributed by atoms with Crippen LogP contribution >= 0.6 is 0 Å². The van der Waals surface area contributed by atoms with E-state index in [9.17, 15) is 4.79 Å². The molecular weight excluding hydrogens is 220 g/mol. The Morgan fingerprint density at radius 3 is 1.86 bits per heavy atom. The van der Waals surface area contributed by atoms with Crippen molar-refractivity contribution < 1.29 is 14.3 Å². The molecule has 2 unspecified atom stereocenters. The second-order valence-corrected chi connectivity index (χ2v) is 7.83. The van der Waals surface area contributed by atoms with Crippen LogP contribution in [-0.2, 0) is 36.1 Å². The molecule has 0 spiro atoms. The number of ketones is 1. The molecule has 0 radical (unpaired) electrons. The Bertz CT molecular complexity index is 178. The van der Waals surface area contributed by atoms with Gasteiger partial charge in [0.2, 0.25) is 17.7 Å². The summed E-state index contributed by atoms with van der Waals surface area (Å²) < 4.78 is 10.5. The third kappa shape index (κ3) is 3.15. The zero-order valence-electron chi connectivity index (χ0n) is 8.20. The standard InChI is InChI=1S/C9H16O3S2/c10-9(5-13-3-1-11-7-13)6-14-4-2-12-8-14/h1-8H2/q+2. The molecule has 80 valence electrons. The molecule has 2 fully saturated rings. The van der Waals surface area contributed by atoms with Crippen molar-refractivity contribution in [3.63, 3.8) is 0 Å². The number of carbonyl (C=O) groups is 1. The van der Waals surface area contributed by atoms with E-state index in [1.807, 2.05) is 0 Å². The molecule has 0 bridgehead atoms. The second kappa shape index (κ2) is 5.39. The lowest BCUT2D eigenvalue weighted by Gasteiger charge is -1.98. The summed E-state index contributed by atoms with van der Waals surface area (Å²) in [5.74, 6) is 5.75. The molecule has 0 aromatic heterocycles. The van der Waals surface area contributed by atoms with E-state index in [-0.39, 0.29) is 21.8 Å². The third-order valence-corrected chi connectivity index (χ3v) is 6.21. The Hall–Kier alpha value is 0.290. The van der Waals surface area contributed by atoms with Crippen molar-refractivity contribution in [3.05, 3.63) is 0 Å². The van der Waals surface area contributed by atoms with Gasteiger partial charge in [-0.3, -0.25) is 4.79 Å². The highest BCUT2D eigenvalue weighted by Gasteiger charge is 2.33. The first-order valence-corrected chi connectivity index (χ1v) is 8.26. The monoisotopic (exact) mass is 236 g/mol. The van der Waals surface area contributed by atoms with Gasteiger partial charge in [0.15, 0.2) is 11.5 Å². The van der Waals surface area contributed by atoms with Gasteiger partial charge in [0, 0.05) is 21.8 Å². The fourth-order valence-corrected chi connectivity index (χ4v) is 4.90. The van der Waals surface area contributed by atoms with Crippen LogP contribution in [0.3, 0.4) is 0 Å². The number of hydrogen-bond donors (Lipinski definition) is 0. The van der Waals surface area contributed by atoms with E-state index in [0.717, 1.165) is 48.1 Å². The minimum atomic E-state index is 0.234. The van der Waals surface area contributed by atoms with Gasteiger partial charge < -0.3 is 9.47 Å². The van der Waals surface area contributed by atoms with Crippen LogP contribution in [0, 0.1) is 0 Å². The average Bonchev–Trinajstić information content (AvgIpc) is 2.76. The molecule has 2 atom stereocenters. The topological polar surface area (TPSA) is 35.5 Å². The zero-order chi connectivity index (χ0) is 9.80. The van der Waals surface area contributed by atoms with Crippen LogP contribution in [-0.4, -0.2) is 53.9 Å². The van der Waals surface area contributed by atoms with Crippen LogP contribution in [0.25, 0.3) is 0 Å². The molecule has 2 saturated heterocycles. The molecule has 14 heavy (non-hydrogen) atoms. The highest BCUT2D eigenvalue weighted by molar-refractivity contribution is 7.99. The SMILES string of the molecule is O=C(C[S+]1CCOC1)C[S+]1CCOC1. The molecule has 0 aliphatic carbocycles. The molecule has 3 nitrogen and oxygen atoms in total. The summed E-state index contributed by atoms with van der Waals surface area (Å²) in [7, 11) is 0.469. The Kier molecular flexibility index (Phi) is 4.16. The lowest BCUT2D eigenvalue weighted by molar-refractivity contribution is -0.114. The van der Waals surface area contributed by atoms with Crippen LogP contribution in [0.5, 0.6) is 0 Å². The van der Waals surface area contributed by atoms with E-state index in [4.69, 9.17) is 9.47 Å². The maximum Gasteiger partial charge on any atom is 0.230 e. The van der Waals surface area contributed by atoms with Gasteiger partial charge in [0.1, 0.15) is 11.5 Å². The quantitative estimate of drug-likeness (QED) is 0.633. The number of ether oxygens (including phenoxy) is 2. The van der Waals surface area contributed by atoms with Crippen LogP contribution in [0.15, 0.2) is 0 Å². The van der Waals surface area contributed by atoms with Crippen molar-refractivity contribution in [2.24, 2.45) is 0 Å². The van der Waals surface area contributed by atoms with E-state index >= 15 is 0 Å². The minimum absolute atomic E-state index is 0.234. The highest BCUT2D eigenvalue weighted by atomic mass is 32.2. The van der Waals surface area contributed by atoms with Gasteiger partial charge in [0.25, 0.3) is 0 Å². The molecule has 2 aliphatic heterocycles. The molecule has 5 heteroatoms. The largest absolute Gasteiger partial charge is 0.331 e. The van der Waals surface area contributed by atoms with E-state index in [1.165, 1.54) is 0 Å². The van der Waals surface area contributed by atoms with Crippen LogP contribution in [0.2, 0.25) is 0 Å². The summed E-state index contributed by atoms with van der Waals surface area (Å²) in [4.78, 5) is 11.7. The molecule has 0 saturated carbocycles. The van der Waals surface area contributed by atoms with Crippen molar-refractivity contribution in [2.45, 2.75) is 0 Å². The Morgan fingerprint density at radius 1 is 1.00 bits per heavy atom. The maximum absolute atomic E-state index is 11.7. The predicted octanol–water partition coefficient (Wildman–Crippen LogP) is -0.232. The van der Waals surface area contributed by atoms with Gasteiger partial charge in [-0.15, -0.1) is 0 Å². The van der Waals surface area contributed by atoms with Crippen LogP contribution < -0.4 is 0 Å². The molecule has 0 amide bonds. The van der Waals surface area contributed by atoms with Crippen molar-refractivity contribution in [1.82, 2.24) is 0 Å². The van der Waals surface area contributed by atoms with E-state index in [1.54, 1.807) is 0 Å². The first-order valence-electron chi connectivity index (χ1n) is 4.80. The number of hydrogen-bond acceptors (Lipinski definition) is 3. The number of rotatable bonds is 4. The average molecular weight is 236 g/mol. The normalized spacial score (nSPS) is 32.3. The van der Waals surface area contributed by atoms with Crippen molar-refractivity contribution in [3.8, 4) is 0 Å². The first-order chi connectivity index (χ1) is 6.84. The summed E-state index contributed by atoms with van der Waals surface area (Å²) in [6, 6.07) is 0. The lowest BCUT2D eigenvalue weighted by Crippen LogP contribution is -2.26.